The van der Waals surface area contributed by atoms with Gasteiger partial charge in [-0.2, -0.15) is 0 Å². The summed E-state index contributed by atoms with van der Waals surface area (Å²) in [5.74, 6) is 1.19. The molecule has 0 radical (unpaired) electrons. The summed E-state index contributed by atoms with van der Waals surface area (Å²) in [5.41, 5.74) is 5.60. The van der Waals surface area contributed by atoms with Gasteiger partial charge in [0.05, 0.1) is 0 Å². The minimum absolute atomic E-state index is 0.209. The van der Waals surface area contributed by atoms with Crippen molar-refractivity contribution < 1.29 is 9.53 Å². The number of nitrogens with two attached hydrogens (primary N) is 1. The normalized spacial score (nSPS) is 27.1. The van der Waals surface area contributed by atoms with Crippen molar-refractivity contribution in [1.82, 2.24) is 4.90 Å². The Hall–Kier alpha value is -0.610. The molecule has 4 nitrogen and oxygen atoms in total. The molecule has 0 aromatic carbocycles. The zero-order chi connectivity index (χ0) is 12.1. The number of piperidine rings is 1. The Bertz CT molecular complexity index is 250. The Kier molecular flexibility index (Phi) is 4.80. The predicted molar refractivity (Wildman–Crippen MR) is 66.5 cm³/mol. The molecular weight excluding hydrogens is 216 g/mol. The molecule has 1 unspecified atom stereocenters. The average Bonchev–Trinajstić information content (AvgIpc) is 2.40. The fourth-order valence-electron chi connectivity index (χ4n) is 2.94. The molecule has 2 heterocycles. The first-order valence-corrected chi connectivity index (χ1v) is 6.88. The van der Waals surface area contributed by atoms with Crippen molar-refractivity contribution in [3.8, 4) is 0 Å². The summed E-state index contributed by atoms with van der Waals surface area (Å²) in [5, 5.41) is 0. The van der Waals surface area contributed by atoms with Gasteiger partial charge in [0, 0.05) is 32.2 Å². The van der Waals surface area contributed by atoms with Crippen molar-refractivity contribution in [2.24, 2.45) is 17.6 Å². The van der Waals surface area contributed by atoms with E-state index in [0.29, 0.717) is 11.8 Å². The number of carbonyl (C=O) groups excluding carboxylic acids is 1. The van der Waals surface area contributed by atoms with Gasteiger partial charge in [0.2, 0.25) is 5.91 Å². The van der Waals surface area contributed by atoms with Gasteiger partial charge in [-0.1, -0.05) is 0 Å². The molecule has 0 spiro atoms. The summed E-state index contributed by atoms with van der Waals surface area (Å²) in [6, 6.07) is 0. The number of carbonyl (C=O) groups is 1. The standard InChI is InChI=1S/C13H24N2O2/c14-6-3-11-2-1-7-15(10-11)13(16)12-4-8-17-9-5-12/h11-12H,1-10,14H2. The van der Waals surface area contributed by atoms with Crippen LogP contribution in [0.1, 0.15) is 32.1 Å². The lowest BCUT2D eigenvalue weighted by molar-refractivity contribution is -0.140. The molecule has 17 heavy (non-hydrogen) atoms. The van der Waals surface area contributed by atoms with Gasteiger partial charge in [-0.15, -0.1) is 0 Å². The molecule has 0 saturated carbocycles. The van der Waals surface area contributed by atoms with Crippen LogP contribution in [-0.4, -0.2) is 43.7 Å². The molecule has 0 aromatic rings. The molecule has 2 rings (SSSR count). The number of ether oxygens (including phenoxy) is 1. The number of rotatable bonds is 3. The average molecular weight is 240 g/mol. The van der Waals surface area contributed by atoms with Crippen molar-refractivity contribution in [2.45, 2.75) is 32.1 Å². The van der Waals surface area contributed by atoms with Gasteiger partial charge in [-0.3, -0.25) is 4.79 Å². The van der Waals surface area contributed by atoms with Crippen LogP contribution in [0.4, 0.5) is 0 Å². The van der Waals surface area contributed by atoms with E-state index in [-0.39, 0.29) is 5.92 Å². The highest BCUT2D eigenvalue weighted by molar-refractivity contribution is 5.79. The van der Waals surface area contributed by atoms with E-state index in [1.807, 2.05) is 0 Å². The van der Waals surface area contributed by atoms with Crippen LogP contribution in [0.3, 0.4) is 0 Å². The first-order chi connectivity index (χ1) is 8.31. The van der Waals surface area contributed by atoms with Crippen LogP contribution in [0.25, 0.3) is 0 Å². The van der Waals surface area contributed by atoms with Gasteiger partial charge in [-0.25, -0.2) is 0 Å². The molecule has 2 fully saturated rings. The lowest BCUT2D eigenvalue weighted by atomic mass is 9.92. The molecule has 0 bridgehead atoms. The fourth-order valence-corrected chi connectivity index (χ4v) is 2.94. The van der Waals surface area contributed by atoms with E-state index in [0.717, 1.165) is 58.5 Å². The summed E-state index contributed by atoms with van der Waals surface area (Å²) >= 11 is 0. The summed E-state index contributed by atoms with van der Waals surface area (Å²) in [6.45, 7) is 4.10. The quantitative estimate of drug-likeness (QED) is 0.800. The van der Waals surface area contributed by atoms with Crippen LogP contribution in [-0.2, 0) is 9.53 Å². The van der Waals surface area contributed by atoms with Crippen LogP contribution in [0.15, 0.2) is 0 Å². The minimum Gasteiger partial charge on any atom is -0.381 e. The molecule has 4 heteroatoms. The Balaban J connectivity index is 1.85. The van der Waals surface area contributed by atoms with E-state index in [4.69, 9.17) is 10.5 Å². The number of hydrogen-bond donors (Lipinski definition) is 1. The Morgan fingerprint density at radius 3 is 2.76 bits per heavy atom. The lowest BCUT2D eigenvalue weighted by Crippen LogP contribution is -2.44. The second-order valence-electron chi connectivity index (χ2n) is 5.26. The van der Waals surface area contributed by atoms with Crippen LogP contribution in [0.2, 0.25) is 0 Å². The van der Waals surface area contributed by atoms with E-state index in [1.165, 1.54) is 6.42 Å². The second kappa shape index (κ2) is 6.36. The molecule has 1 atom stereocenters. The molecule has 98 valence electrons. The minimum atomic E-state index is 0.209. The third-order valence-electron chi connectivity index (χ3n) is 3.98. The summed E-state index contributed by atoms with van der Waals surface area (Å²) < 4.78 is 5.31. The fraction of sp³-hybridized carbons (Fsp3) is 0.923. The summed E-state index contributed by atoms with van der Waals surface area (Å²) in [4.78, 5) is 14.4. The van der Waals surface area contributed by atoms with Crippen LogP contribution in [0, 0.1) is 11.8 Å². The van der Waals surface area contributed by atoms with E-state index < -0.39 is 0 Å². The third-order valence-corrected chi connectivity index (χ3v) is 3.98. The molecule has 1 amide bonds. The molecule has 2 aliphatic rings. The molecule has 0 aromatic heterocycles. The first-order valence-electron chi connectivity index (χ1n) is 6.88. The van der Waals surface area contributed by atoms with E-state index in [2.05, 4.69) is 4.90 Å². The third kappa shape index (κ3) is 3.42. The summed E-state index contributed by atoms with van der Waals surface area (Å²) in [6.07, 6.45) is 5.22. The van der Waals surface area contributed by atoms with Gasteiger partial charge in [-0.05, 0) is 44.6 Å². The van der Waals surface area contributed by atoms with Gasteiger partial charge in [0.1, 0.15) is 0 Å². The van der Waals surface area contributed by atoms with Gasteiger partial charge in [0.25, 0.3) is 0 Å². The van der Waals surface area contributed by atoms with Crippen LogP contribution >= 0.6 is 0 Å². The maximum absolute atomic E-state index is 12.3. The molecule has 2 aliphatic heterocycles. The number of likely N-dealkylation sites (tertiary alicyclic amines) is 1. The van der Waals surface area contributed by atoms with Crippen molar-refractivity contribution in [3.05, 3.63) is 0 Å². The van der Waals surface area contributed by atoms with Gasteiger partial charge < -0.3 is 15.4 Å². The van der Waals surface area contributed by atoms with Crippen molar-refractivity contribution in [2.75, 3.05) is 32.8 Å². The lowest BCUT2D eigenvalue weighted by Gasteiger charge is -2.35. The largest absolute Gasteiger partial charge is 0.381 e. The molecule has 2 N–H and O–H groups in total. The zero-order valence-corrected chi connectivity index (χ0v) is 10.6. The molecular formula is C13H24N2O2. The SMILES string of the molecule is NCCC1CCCN(C(=O)C2CCOCC2)C1. The highest BCUT2D eigenvalue weighted by atomic mass is 16.5. The van der Waals surface area contributed by atoms with E-state index >= 15 is 0 Å². The second-order valence-corrected chi connectivity index (χ2v) is 5.26. The van der Waals surface area contributed by atoms with Gasteiger partial charge in [0.15, 0.2) is 0 Å². The Morgan fingerprint density at radius 2 is 2.06 bits per heavy atom. The van der Waals surface area contributed by atoms with Crippen molar-refractivity contribution in [1.29, 1.82) is 0 Å². The first kappa shape index (κ1) is 12.8. The number of hydrogen-bond acceptors (Lipinski definition) is 3. The maximum atomic E-state index is 12.3. The zero-order valence-electron chi connectivity index (χ0n) is 10.6. The topological polar surface area (TPSA) is 55.6 Å². The monoisotopic (exact) mass is 240 g/mol. The number of nitrogens with zero attached hydrogens (tertiary/aromatic N) is 1. The van der Waals surface area contributed by atoms with Crippen molar-refractivity contribution >= 4 is 5.91 Å². The Labute approximate surface area is 103 Å². The molecule has 2 saturated heterocycles. The van der Waals surface area contributed by atoms with Crippen LogP contribution in [0.5, 0.6) is 0 Å². The highest BCUT2D eigenvalue weighted by Crippen LogP contribution is 2.23. The van der Waals surface area contributed by atoms with E-state index in [9.17, 15) is 4.79 Å². The summed E-state index contributed by atoms with van der Waals surface area (Å²) in [7, 11) is 0. The van der Waals surface area contributed by atoms with E-state index in [1.54, 1.807) is 0 Å². The number of amides is 1. The Morgan fingerprint density at radius 1 is 1.29 bits per heavy atom. The maximum Gasteiger partial charge on any atom is 0.225 e. The molecule has 0 aliphatic carbocycles. The smallest absolute Gasteiger partial charge is 0.225 e. The predicted octanol–water partition coefficient (Wildman–Crippen LogP) is 1.00. The highest BCUT2D eigenvalue weighted by Gasteiger charge is 2.29. The van der Waals surface area contributed by atoms with Crippen LogP contribution < -0.4 is 5.73 Å². The van der Waals surface area contributed by atoms with Gasteiger partial charge >= 0.3 is 0 Å². The van der Waals surface area contributed by atoms with Crippen molar-refractivity contribution in [3.63, 3.8) is 0 Å².